The molecule has 2 aromatic heterocycles. The second kappa shape index (κ2) is 17.1. The monoisotopic (exact) mass is 577 g/mol. The molecule has 2 atom stereocenters. The van der Waals surface area contributed by atoms with E-state index < -0.39 is 0 Å². The zero-order valence-corrected chi connectivity index (χ0v) is 27.7. The van der Waals surface area contributed by atoms with Gasteiger partial charge in [0, 0.05) is 68.7 Å². The number of hydrogen-bond acceptors (Lipinski definition) is 6. The number of allylic oxidation sites excluding steroid dienone is 4. The molecule has 1 N–H and O–H groups in total. The molecule has 1 fully saturated rings. The van der Waals surface area contributed by atoms with Gasteiger partial charge in [0.25, 0.3) is 5.56 Å². The van der Waals surface area contributed by atoms with Crippen LogP contribution < -0.4 is 10.5 Å². The maximum atomic E-state index is 13.3. The van der Waals surface area contributed by atoms with Crippen LogP contribution in [0.5, 0.6) is 0 Å². The first kappa shape index (κ1) is 35.0. The molecular formula is C35H55N5O2. The van der Waals surface area contributed by atoms with Crippen molar-refractivity contribution in [2.45, 2.75) is 75.2 Å². The molecule has 232 valence electrons. The van der Waals surface area contributed by atoms with E-state index in [4.69, 9.17) is 4.98 Å². The molecule has 1 saturated heterocycles. The Morgan fingerprint density at radius 1 is 1.07 bits per heavy atom. The lowest BCUT2D eigenvalue weighted by molar-refractivity contribution is 0.189. The molecule has 2 aliphatic heterocycles. The van der Waals surface area contributed by atoms with Crippen LogP contribution in [0.15, 0.2) is 71.1 Å². The number of anilines is 1. The fourth-order valence-corrected chi connectivity index (χ4v) is 5.03. The number of rotatable bonds is 9. The molecule has 2 aliphatic rings. The van der Waals surface area contributed by atoms with Gasteiger partial charge in [-0.3, -0.25) is 14.1 Å². The highest BCUT2D eigenvalue weighted by atomic mass is 16.3. The largest absolute Gasteiger partial charge is 0.395 e. The third-order valence-corrected chi connectivity index (χ3v) is 8.20. The van der Waals surface area contributed by atoms with Crippen LogP contribution in [-0.4, -0.2) is 63.6 Å². The molecule has 42 heavy (non-hydrogen) atoms. The molecule has 0 spiro atoms. The maximum absolute atomic E-state index is 13.3. The summed E-state index contributed by atoms with van der Waals surface area (Å²) in [7, 11) is 0. The second-order valence-electron chi connectivity index (χ2n) is 10.7. The SMILES string of the molecule is C=C1C(C(C)CC)=CC(c2cc(=O)n3cc(N4CCN(CCO)CC4)ccc3n2)=CN1/C=C(/C)C(C)CC.CC.CC. The highest BCUT2D eigenvalue weighted by molar-refractivity contribution is 5.76. The van der Waals surface area contributed by atoms with E-state index in [1.807, 2.05) is 40.0 Å². The Morgan fingerprint density at radius 3 is 2.33 bits per heavy atom. The molecule has 7 heteroatoms. The first-order chi connectivity index (χ1) is 20.2. The van der Waals surface area contributed by atoms with E-state index in [0.29, 0.717) is 29.7 Å². The molecule has 4 heterocycles. The third-order valence-electron chi connectivity index (χ3n) is 8.20. The van der Waals surface area contributed by atoms with E-state index in [2.05, 4.69) is 80.4 Å². The van der Waals surface area contributed by atoms with Gasteiger partial charge in [-0.1, -0.05) is 67.5 Å². The van der Waals surface area contributed by atoms with Gasteiger partial charge in [0.2, 0.25) is 0 Å². The van der Waals surface area contributed by atoms with Gasteiger partial charge in [-0.05, 0) is 55.4 Å². The van der Waals surface area contributed by atoms with Crippen LogP contribution in [0, 0.1) is 11.8 Å². The van der Waals surface area contributed by atoms with Crippen LogP contribution >= 0.6 is 0 Å². The summed E-state index contributed by atoms with van der Waals surface area (Å²) < 4.78 is 1.64. The van der Waals surface area contributed by atoms with Crippen molar-refractivity contribution in [1.29, 1.82) is 0 Å². The summed E-state index contributed by atoms with van der Waals surface area (Å²) >= 11 is 0. The van der Waals surface area contributed by atoms with Crippen molar-refractivity contribution in [3.63, 3.8) is 0 Å². The van der Waals surface area contributed by atoms with E-state index in [1.54, 1.807) is 10.5 Å². The standard InChI is InChI=1S/C31H43N5O2.2C2H6/c1-7-22(3)24(5)19-35-20-26(17-28(25(35)6)23(4)8-2)29-18-31(38)36-21-27(9-10-30(36)32-29)34-13-11-33(12-14-34)15-16-37;2*1-2/h9-10,17-23,37H,6-8,11-16H2,1-5H3;2*1-2H3/b24-19-;;. The van der Waals surface area contributed by atoms with Crippen LogP contribution in [0.2, 0.25) is 0 Å². The molecule has 0 aromatic carbocycles. The summed E-state index contributed by atoms with van der Waals surface area (Å²) in [6.45, 7) is 27.8. The number of nitrogens with zero attached hydrogens (tertiary/aromatic N) is 5. The molecule has 2 unspecified atom stereocenters. The lowest BCUT2D eigenvalue weighted by Gasteiger charge is -2.35. The van der Waals surface area contributed by atoms with Crippen LogP contribution in [0.1, 0.15) is 80.8 Å². The van der Waals surface area contributed by atoms with Gasteiger partial charge in [-0.25, -0.2) is 4.98 Å². The first-order valence-corrected chi connectivity index (χ1v) is 16.0. The average Bonchev–Trinajstić information content (AvgIpc) is 3.03. The summed E-state index contributed by atoms with van der Waals surface area (Å²) in [5.74, 6) is 0.820. The zero-order chi connectivity index (χ0) is 31.4. The number of aliphatic hydroxyl groups is 1. The number of hydrogen-bond donors (Lipinski definition) is 1. The number of aromatic nitrogens is 2. The van der Waals surface area contributed by atoms with Gasteiger partial charge in [-0.2, -0.15) is 0 Å². The molecule has 0 saturated carbocycles. The van der Waals surface area contributed by atoms with Gasteiger partial charge in [0.15, 0.2) is 0 Å². The van der Waals surface area contributed by atoms with Crippen molar-refractivity contribution >= 4 is 16.9 Å². The molecular weight excluding hydrogens is 522 g/mol. The molecule has 0 radical (unpaired) electrons. The van der Waals surface area contributed by atoms with E-state index in [0.717, 1.165) is 56.0 Å². The number of aliphatic hydroxyl groups excluding tert-OH is 1. The lowest BCUT2D eigenvalue weighted by atomic mass is 9.90. The van der Waals surface area contributed by atoms with Crippen LogP contribution in [0.25, 0.3) is 11.2 Å². The molecule has 0 amide bonds. The summed E-state index contributed by atoms with van der Waals surface area (Å²) in [6.07, 6.45) is 10.4. The lowest BCUT2D eigenvalue weighted by Crippen LogP contribution is -2.47. The van der Waals surface area contributed by atoms with Gasteiger partial charge in [-0.15, -0.1) is 0 Å². The Morgan fingerprint density at radius 2 is 1.74 bits per heavy atom. The predicted octanol–water partition coefficient (Wildman–Crippen LogP) is 6.95. The van der Waals surface area contributed by atoms with Crippen molar-refractivity contribution in [3.8, 4) is 0 Å². The van der Waals surface area contributed by atoms with Crippen molar-refractivity contribution in [2.24, 2.45) is 11.8 Å². The third kappa shape index (κ3) is 8.45. The smallest absolute Gasteiger partial charge is 0.258 e. The van der Waals surface area contributed by atoms with Gasteiger partial charge in [0.05, 0.1) is 18.0 Å². The molecule has 0 aliphatic carbocycles. The average molecular weight is 578 g/mol. The predicted molar refractivity (Wildman–Crippen MR) is 180 cm³/mol. The van der Waals surface area contributed by atoms with E-state index in [-0.39, 0.29) is 12.2 Å². The normalized spacial score (nSPS) is 17.5. The summed E-state index contributed by atoms with van der Waals surface area (Å²) in [4.78, 5) is 24.9. The van der Waals surface area contributed by atoms with Crippen LogP contribution in [-0.2, 0) is 0 Å². The molecule has 0 bridgehead atoms. The number of pyridine rings is 1. The van der Waals surface area contributed by atoms with E-state index in [1.165, 1.54) is 11.1 Å². The van der Waals surface area contributed by atoms with Crippen molar-refractivity contribution in [2.75, 3.05) is 44.2 Å². The summed E-state index contributed by atoms with van der Waals surface area (Å²) in [5, 5.41) is 9.20. The van der Waals surface area contributed by atoms with Crippen LogP contribution in [0.3, 0.4) is 0 Å². The quantitative estimate of drug-likeness (QED) is 0.348. The number of piperazine rings is 1. The molecule has 7 nitrogen and oxygen atoms in total. The highest BCUT2D eigenvalue weighted by Gasteiger charge is 2.22. The minimum atomic E-state index is -0.0903. The van der Waals surface area contributed by atoms with Gasteiger partial charge < -0.3 is 14.9 Å². The van der Waals surface area contributed by atoms with Gasteiger partial charge >= 0.3 is 0 Å². The van der Waals surface area contributed by atoms with Crippen molar-refractivity contribution in [3.05, 3.63) is 82.3 Å². The Hall–Kier alpha value is -3.16. The van der Waals surface area contributed by atoms with Crippen molar-refractivity contribution < 1.29 is 5.11 Å². The fraction of sp³-hybridized carbons (Fsp3) is 0.543. The van der Waals surface area contributed by atoms with Crippen LogP contribution in [0.4, 0.5) is 5.69 Å². The Bertz CT molecular complexity index is 1310. The highest BCUT2D eigenvalue weighted by Crippen LogP contribution is 2.34. The minimum absolute atomic E-state index is 0.0903. The molecule has 4 rings (SSSR count). The van der Waals surface area contributed by atoms with E-state index >= 15 is 0 Å². The fourth-order valence-electron chi connectivity index (χ4n) is 5.03. The summed E-state index contributed by atoms with van der Waals surface area (Å²) in [5.41, 5.74) is 6.61. The first-order valence-electron chi connectivity index (χ1n) is 16.0. The summed E-state index contributed by atoms with van der Waals surface area (Å²) in [6, 6.07) is 5.63. The maximum Gasteiger partial charge on any atom is 0.258 e. The van der Waals surface area contributed by atoms with Crippen molar-refractivity contribution in [1.82, 2.24) is 19.2 Å². The topological polar surface area (TPSA) is 64.3 Å². The Balaban J connectivity index is 0.00000148. The zero-order valence-electron chi connectivity index (χ0n) is 27.7. The minimum Gasteiger partial charge on any atom is -0.395 e. The van der Waals surface area contributed by atoms with Gasteiger partial charge in [0.1, 0.15) is 5.65 Å². The second-order valence-corrected chi connectivity index (χ2v) is 10.7. The Kier molecular flexibility index (Phi) is 14.2. The van der Waals surface area contributed by atoms with E-state index in [9.17, 15) is 9.90 Å². The number of β-amino-alcohol motifs (C(OH)–C–C–N with tert-alkyl or cyclic N) is 1. The molecule has 2 aromatic rings. The Labute approximate surface area is 254 Å². The number of fused-ring (bicyclic) bond motifs is 1.